The SMILES string of the molecule is CCc1ccccc1C(=O)C(C)(C)C.O=S=O. The fourth-order valence-corrected chi connectivity index (χ4v) is 1.45. The molecular formula is C13H18O3S. The lowest BCUT2D eigenvalue weighted by Gasteiger charge is -2.18. The fraction of sp³-hybridized carbons (Fsp3) is 0.462. The zero-order valence-electron chi connectivity index (χ0n) is 10.6. The van der Waals surface area contributed by atoms with E-state index in [9.17, 15) is 4.79 Å². The highest BCUT2D eigenvalue weighted by Crippen LogP contribution is 2.23. The lowest BCUT2D eigenvalue weighted by molar-refractivity contribution is 0.0857. The normalized spacial score (nSPS) is 10.1. The van der Waals surface area contributed by atoms with Crippen molar-refractivity contribution in [3.63, 3.8) is 0 Å². The minimum Gasteiger partial charge on any atom is -0.294 e. The van der Waals surface area contributed by atoms with Crippen LogP contribution >= 0.6 is 0 Å². The summed E-state index contributed by atoms with van der Waals surface area (Å²) in [6.07, 6.45) is 0.915. The van der Waals surface area contributed by atoms with Gasteiger partial charge in [0.25, 0.3) is 0 Å². The molecule has 94 valence electrons. The summed E-state index contributed by atoms with van der Waals surface area (Å²) in [4.78, 5) is 12.0. The quantitative estimate of drug-likeness (QED) is 0.762. The number of carbonyl (C=O) groups excluding carboxylic acids is 1. The monoisotopic (exact) mass is 254 g/mol. The molecule has 0 radical (unpaired) electrons. The molecule has 0 aliphatic heterocycles. The highest BCUT2D eigenvalue weighted by molar-refractivity contribution is 7.51. The molecule has 0 aromatic heterocycles. The van der Waals surface area contributed by atoms with Crippen LogP contribution in [0.25, 0.3) is 0 Å². The molecule has 0 heterocycles. The van der Waals surface area contributed by atoms with Gasteiger partial charge in [0.15, 0.2) is 5.78 Å². The fourth-order valence-electron chi connectivity index (χ4n) is 1.45. The zero-order valence-corrected chi connectivity index (χ0v) is 11.5. The Morgan fingerprint density at radius 1 is 1.18 bits per heavy atom. The van der Waals surface area contributed by atoms with Crippen LogP contribution in [0.15, 0.2) is 24.3 Å². The number of benzene rings is 1. The maximum absolute atomic E-state index is 12.0. The van der Waals surface area contributed by atoms with E-state index < -0.39 is 11.6 Å². The van der Waals surface area contributed by atoms with Gasteiger partial charge in [-0.05, 0) is 12.0 Å². The predicted octanol–water partition coefficient (Wildman–Crippen LogP) is 2.81. The molecule has 0 fully saturated rings. The van der Waals surface area contributed by atoms with E-state index >= 15 is 0 Å². The van der Waals surface area contributed by atoms with Gasteiger partial charge in [-0.25, -0.2) is 0 Å². The minimum absolute atomic E-state index is 0.231. The first-order chi connectivity index (χ1) is 7.88. The van der Waals surface area contributed by atoms with Gasteiger partial charge in [0.1, 0.15) is 0 Å². The molecule has 0 aliphatic rings. The van der Waals surface area contributed by atoms with Gasteiger partial charge in [-0.15, -0.1) is 0 Å². The van der Waals surface area contributed by atoms with E-state index in [0.29, 0.717) is 0 Å². The average molecular weight is 254 g/mol. The predicted molar refractivity (Wildman–Crippen MR) is 68.5 cm³/mol. The van der Waals surface area contributed by atoms with Crippen molar-refractivity contribution >= 4 is 17.4 Å². The number of rotatable bonds is 2. The maximum Gasteiger partial charge on any atom is 0.335 e. The van der Waals surface area contributed by atoms with Crippen molar-refractivity contribution in [2.75, 3.05) is 0 Å². The summed E-state index contributed by atoms with van der Waals surface area (Å²) in [5.74, 6) is 0.231. The Morgan fingerprint density at radius 3 is 2.06 bits per heavy atom. The zero-order chi connectivity index (χ0) is 13.5. The second-order valence-electron chi connectivity index (χ2n) is 4.66. The van der Waals surface area contributed by atoms with E-state index in [-0.39, 0.29) is 11.2 Å². The number of aryl methyl sites for hydroxylation is 1. The van der Waals surface area contributed by atoms with E-state index in [1.165, 1.54) is 0 Å². The Kier molecular flexibility index (Phi) is 6.58. The molecular weight excluding hydrogens is 236 g/mol. The van der Waals surface area contributed by atoms with Crippen molar-refractivity contribution < 1.29 is 13.2 Å². The third-order valence-electron chi connectivity index (χ3n) is 2.32. The average Bonchev–Trinajstić information content (AvgIpc) is 2.28. The lowest BCUT2D eigenvalue weighted by atomic mass is 9.84. The van der Waals surface area contributed by atoms with Crippen molar-refractivity contribution in [1.82, 2.24) is 0 Å². The van der Waals surface area contributed by atoms with Crippen LogP contribution in [0, 0.1) is 5.41 Å². The Hall–Kier alpha value is -1.29. The molecule has 0 saturated carbocycles. The summed E-state index contributed by atoms with van der Waals surface area (Å²) in [5, 5.41) is 0. The topological polar surface area (TPSA) is 51.2 Å². The second kappa shape index (κ2) is 7.12. The van der Waals surface area contributed by atoms with Crippen molar-refractivity contribution in [2.24, 2.45) is 5.41 Å². The molecule has 0 spiro atoms. The van der Waals surface area contributed by atoms with Gasteiger partial charge in [-0.2, -0.15) is 8.42 Å². The number of hydrogen-bond acceptors (Lipinski definition) is 3. The molecule has 1 rings (SSSR count). The summed E-state index contributed by atoms with van der Waals surface area (Å²) in [6.45, 7) is 7.96. The smallest absolute Gasteiger partial charge is 0.294 e. The van der Waals surface area contributed by atoms with E-state index in [2.05, 4.69) is 6.92 Å². The first-order valence-corrected chi connectivity index (χ1v) is 6.09. The van der Waals surface area contributed by atoms with Crippen molar-refractivity contribution in [3.8, 4) is 0 Å². The molecule has 17 heavy (non-hydrogen) atoms. The number of hydrogen-bond donors (Lipinski definition) is 0. The Bertz CT molecular complexity index is 413. The third kappa shape index (κ3) is 5.04. The van der Waals surface area contributed by atoms with Crippen LogP contribution in [0.5, 0.6) is 0 Å². The van der Waals surface area contributed by atoms with Crippen molar-refractivity contribution in [3.05, 3.63) is 35.4 Å². The van der Waals surface area contributed by atoms with Gasteiger partial charge in [0.2, 0.25) is 0 Å². The minimum atomic E-state index is -0.750. The van der Waals surface area contributed by atoms with Crippen molar-refractivity contribution in [2.45, 2.75) is 34.1 Å². The van der Waals surface area contributed by atoms with Gasteiger partial charge in [-0.3, -0.25) is 4.79 Å². The van der Waals surface area contributed by atoms with E-state index in [0.717, 1.165) is 17.5 Å². The van der Waals surface area contributed by atoms with E-state index in [1.54, 1.807) is 0 Å². The molecule has 0 amide bonds. The molecule has 0 bridgehead atoms. The molecule has 0 aliphatic carbocycles. The van der Waals surface area contributed by atoms with Gasteiger partial charge in [-0.1, -0.05) is 52.0 Å². The van der Waals surface area contributed by atoms with Crippen molar-refractivity contribution in [1.29, 1.82) is 0 Å². The highest BCUT2D eigenvalue weighted by Gasteiger charge is 2.24. The highest BCUT2D eigenvalue weighted by atomic mass is 32.1. The van der Waals surface area contributed by atoms with Crippen LogP contribution in [-0.2, 0) is 18.0 Å². The second-order valence-corrected chi connectivity index (χ2v) is 4.79. The van der Waals surface area contributed by atoms with Crippen LogP contribution < -0.4 is 0 Å². The van der Waals surface area contributed by atoms with Crippen LogP contribution in [0.1, 0.15) is 43.6 Å². The first kappa shape index (κ1) is 15.7. The van der Waals surface area contributed by atoms with Crippen LogP contribution in [0.4, 0.5) is 0 Å². The largest absolute Gasteiger partial charge is 0.335 e. The molecule has 3 nitrogen and oxygen atoms in total. The summed E-state index contributed by atoms with van der Waals surface area (Å²) in [6, 6.07) is 7.86. The molecule has 4 heteroatoms. The molecule has 0 atom stereocenters. The molecule has 0 saturated heterocycles. The Balaban J connectivity index is 0.000000770. The third-order valence-corrected chi connectivity index (χ3v) is 2.32. The summed E-state index contributed by atoms with van der Waals surface area (Å²) >= 11 is -0.750. The van der Waals surface area contributed by atoms with Gasteiger partial charge >= 0.3 is 11.6 Å². The number of carbonyl (C=O) groups is 1. The van der Waals surface area contributed by atoms with Gasteiger partial charge < -0.3 is 0 Å². The lowest BCUT2D eigenvalue weighted by Crippen LogP contribution is -2.21. The van der Waals surface area contributed by atoms with Gasteiger partial charge in [0.05, 0.1) is 0 Å². The maximum atomic E-state index is 12.0. The summed E-state index contributed by atoms with van der Waals surface area (Å²) in [5.41, 5.74) is 1.74. The number of Topliss-reactive ketones (excluding diaryl/α,β-unsaturated/α-hetero) is 1. The standard InChI is InChI=1S/C13H18O.O2S/c1-5-10-8-6-7-9-11(10)12(14)13(2,3)4;1-3-2/h6-9H,5H2,1-4H3;. The number of ketones is 1. The molecule has 1 aromatic carbocycles. The van der Waals surface area contributed by atoms with E-state index in [4.69, 9.17) is 8.42 Å². The van der Waals surface area contributed by atoms with E-state index in [1.807, 2.05) is 45.0 Å². The molecule has 0 unspecified atom stereocenters. The summed E-state index contributed by atoms with van der Waals surface area (Å²) < 4.78 is 16.6. The van der Waals surface area contributed by atoms with Crippen LogP contribution in [0.2, 0.25) is 0 Å². The molecule has 0 N–H and O–H groups in total. The Labute approximate surface area is 106 Å². The van der Waals surface area contributed by atoms with Crippen LogP contribution in [0.3, 0.4) is 0 Å². The first-order valence-electron chi connectivity index (χ1n) is 5.43. The van der Waals surface area contributed by atoms with Crippen LogP contribution in [-0.4, -0.2) is 14.2 Å². The summed E-state index contributed by atoms with van der Waals surface area (Å²) in [7, 11) is 0. The molecule has 1 aromatic rings. The van der Waals surface area contributed by atoms with Gasteiger partial charge in [0, 0.05) is 11.0 Å². The Morgan fingerprint density at radius 2 is 1.65 bits per heavy atom.